The van der Waals surface area contributed by atoms with E-state index in [0.29, 0.717) is 17.4 Å². The topological polar surface area (TPSA) is 74.2 Å². The summed E-state index contributed by atoms with van der Waals surface area (Å²) < 4.78 is 0. The fourth-order valence-electron chi connectivity index (χ4n) is 3.60. The Morgan fingerprint density at radius 1 is 1.16 bits per heavy atom. The van der Waals surface area contributed by atoms with Gasteiger partial charge in [0.2, 0.25) is 0 Å². The number of aryl methyl sites for hydroxylation is 1. The van der Waals surface area contributed by atoms with Crippen LogP contribution in [0.3, 0.4) is 0 Å². The van der Waals surface area contributed by atoms with Crippen LogP contribution in [0.1, 0.15) is 36.3 Å². The lowest BCUT2D eigenvalue weighted by Gasteiger charge is -2.33. The fourth-order valence-corrected chi connectivity index (χ4v) is 3.60. The number of hydrogen-bond donors (Lipinski definition) is 1. The second-order valence-corrected chi connectivity index (χ2v) is 8.33. The van der Waals surface area contributed by atoms with Gasteiger partial charge in [-0.3, -0.25) is 14.8 Å². The lowest BCUT2D eigenvalue weighted by Crippen LogP contribution is -2.35. The Morgan fingerprint density at radius 3 is 2.61 bits per heavy atom. The van der Waals surface area contributed by atoms with Crippen molar-refractivity contribution in [1.29, 1.82) is 0 Å². The molecule has 0 bridgehead atoms. The first kappa shape index (κ1) is 22.5. The number of carbonyl (C=O) groups is 1. The average molecular weight is 421 g/mol. The molecule has 1 N–H and O–H groups in total. The molecule has 31 heavy (non-hydrogen) atoms. The molecule has 0 aromatic carbocycles. The lowest BCUT2D eigenvalue weighted by atomic mass is 9.86. The van der Waals surface area contributed by atoms with Crippen molar-refractivity contribution in [3.63, 3.8) is 0 Å². The Hall–Kier alpha value is -3.22. The predicted molar refractivity (Wildman–Crippen MR) is 123 cm³/mol. The predicted octanol–water partition coefficient (Wildman–Crippen LogP) is 3.42. The SMILES string of the molecule is Cc1ncccc1C(=O)NC1=C(N(C)CCN(C)c2cnccn2)CC(C(C)C)C=C1. The van der Waals surface area contributed by atoms with Gasteiger partial charge in [-0.1, -0.05) is 19.9 Å². The number of anilines is 1. The molecule has 0 fully saturated rings. The number of amides is 1. The Morgan fingerprint density at radius 2 is 1.94 bits per heavy atom. The van der Waals surface area contributed by atoms with Crippen molar-refractivity contribution in [3.8, 4) is 0 Å². The van der Waals surface area contributed by atoms with Gasteiger partial charge in [0.1, 0.15) is 5.82 Å². The van der Waals surface area contributed by atoms with Crippen LogP contribution in [0.4, 0.5) is 5.82 Å². The number of pyridine rings is 1. The van der Waals surface area contributed by atoms with Gasteiger partial charge in [0.25, 0.3) is 5.91 Å². The molecular formula is C24H32N6O. The van der Waals surface area contributed by atoms with E-state index < -0.39 is 0 Å². The summed E-state index contributed by atoms with van der Waals surface area (Å²) in [6.45, 7) is 7.91. The standard InChI is InChI=1S/C24H32N6O/c1-17(2)19-8-9-21(28-24(31)20-7-6-10-26-18(20)3)22(15-19)29(4)13-14-30(5)23-16-25-11-12-27-23/h6-12,16-17,19H,13-15H2,1-5H3,(H,28,31). The van der Waals surface area contributed by atoms with Gasteiger partial charge in [-0.2, -0.15) is 0 Å². The second kappa shape index (κ2) is 10.2. The molecule has 7 heteroatoms. The largest absolute Gasteiger partial charge is 0.374 e. The van der Waals surface area contributed by atoms with Gasteiger partial charge in [0, 0.05) is 57.2 Å². The maximum absolute atomic E-state index is 12.9. The van der Waals surface area contributed by atoms with Gasteiger partial charge in [0.05, 0.1) is 17.5 Å². The summed E-state index contributed by atoms with van der Waals surface area (Å²) in [7, 11) is 4.09. The molecule has 0 saturated heterocycles. The van der Waals surface area contributed by atoms with E-state index in [4.69, 9.17) is 0 Å². The van der Waals surface area contributed by atoms with Crippen molar-refractivity contribution >= 4 is 11.7 Å². The molecule has 0 spiro atoms. The quantitative estimate of drug-likeness (QED) is 0.705. The van der Waals surface area contributed by atoms with Gasteiger partial charge in [0.15, 0.2) is 0 Å². The maximum atomic E-state index is 12.9. The number of hydrogen-bond acceptors (Lipinski definition) is 6. The highest BCUT2D eigenvalue weighted by atomic mass is 16.1. The summed E-state index contributed by atoms with van der Waals surface area (Å²) in [4.78, 5) is 30.0. The van der Waals surface area contributed by atoms with Crippen molar-refractivity contribution in [3.05, 3.63) is 71.7 Å². The van der Waals surface area contributed by atoms with Crippen molar-refractivity contribution in [2.75, 3.05) is 32.1 Å². The Kier molecular flexibility index (Phi) is 7.39. The van der Waals surface area contributed by atoms with Crippen LogP contribution in [0.15, 0.2) is 60.5 Å². The van der Waals surface area contributed by atoms with Crippen molar-refractivity contribution in [2.24, 2.45) is 11.8 Å². The molecule has 1 amide bonds. The summed E-state index contributed by atoms with van der Waals surface area (Å²) in [5.74, 6) is 1.68. The van der Waals surface area contributed by atoms with Crippen LogP contribution in [-0.4, -0.2) is 52.9 Å². The van der Waals surface area contributed by atoms with Gasteiger partial charge >= 0.3 is 0 Å². The van der Waals surface area contributed by atoms with Crippen LogP contribution in [0.25, 0.3) is 0 Å². The highest BCUT2D eigenvalue weighted by Crippen LogP contribution is 2.29. The molecule has 1 aliphatic rings. The summed E-state index contributed by atoms with van der Waals surface area (Å²) in [5.41, 5.74) is 3.32. The highest BCUT2D eigenvalue weighted by molar-refractivity contribution is 5.96. The molecule has 164 valence electrons. The zero-order valence-corrected chi connectivity index (χ0v) is 19.0. The highest BCUT2D eigenvalue weighted by Gasteiger charge is 2.23. The minimum atomic E-state index is -0.129. The number of nitrogens with one attached hydrogen (secondary N) is 1. The normalized spacial score (nSPS) is 15.9. The molecule has 2 aromatic heterocycles. The number of aromatic nitrogens is 3. The third kappa shape index (κ3) is 5.69. The van der Waals surface area contributed by atoms with E-state index in [1.165, 1.54) is 0 Å². The van der Waals surface area contributed by atoms with E-state index in [9.17, 15) is 4.79 Å². The minimum Gasteiger partial charge on any atom is -0.374 e. The minimum absolute atomic E-state index is 0.129. The molecule has 3 rings (SSSR count). The molecule has 0 radical (unpaired) electrons. The number of allylic oxidation sites excluding steroid dienone is 3. The van der Waals surface area contributed by atoms with E-state index in [1.54, 1.807) is 36.9 Å². The van der Waals surface area contributed by atoms with Crippen molar-refractivity contribution in [1.82, 2.24) is 25.2 Å². The summed E-state index contributed by atoms with van der Waals surface area (Å²) in [5, 5.41) is 3.12. The van der Waals surface area contributed by atoms with Crippen LogP contribution in [0, 0.1) is 18.8 Å². The average Bonchev–Trinajstić information content (AvgIpc) is 2.78. The lowest BCUT2D eigenvalue weighted by molar-refractivity contribution is 0.0964. The number of rotatable bonds is 8. The molecule has 1 unspecified atom stereocenters. The molecule has 0 aliphatic heterocycles. The molecule has 2 aromatic rings. The first-order valence-corrected chi connectivity index (χ1v) is 10.7. The molecule has 2 heterocycles. The van der Waals surface area contributed by atoms with Gasteiger partial charge in [-0.15, -0.1) is 0 Å². The molecule has 7 nitrogen and oxygen atoms in total. The third-order valence-electron chi connectivity index (χ3n) is 5.78. The smallest absolute Gasteiger partial charge is 0.257 e. The van der Waals surface area contributed by atoms with E-state index in [1.807, 2.05) is 14.0 Å². The Bertz CT molecular complexity index is 954. The van der Waals surface area contributed by atoms with Crippen molar-refractivity contribution < 1.29 is 4.79 Å². The monoisotopic (exact) mass is 420 g/mol. The number of carbonyl (C=O) groups excluding carboxylic acids is 1. The van der Waals surface area contributed by atoms with Gasteiger partial charge < -0.3 is 15.1 Å². The number of likely N-dealkylation sites (N-methyl/N-ethyl adjacent to an activating group) is 2. The van der Waals surface area contributed by atoms with E-state index in [-0.39, 0.29) is 5.91 Å². The van der Waals surface area contributed by atoms with Gasteiger partial charge in [-0.25, -0.2) is 4.98 Å². The zero-order chi connectivity index (χ0) is 22.4. The van der Waals surface area contributed by atoms with Crippen LogP contribution >= 0.6 is 0 Å². The first-order chi connectivity index (χ1) is 14.9. The summed E-state index contributed by atoms with van der Waals surface area (Å²) in [6.07, 6.45) is 12.0. The Balaban J connectivity index is 1.77. The van der Waals surface area contributed by atoms with E-state index >= 15 is 0 Å². The van der Waals surface area contributed by atoms with E-state index in [2.05, 4.69) is 63.1 Å². The van der Waals surface area contributed by atoms with Crippen LogP contribution in [0.2, 0.25) is 0 Å². The van der Waals surface area contributed by atoms with E-state index in [0.717, 1.165) is 42.4 Å². The molecule has 1 atom stereocenters. The second-order valence-electron chi connectivity index (χ2n) is 8.33. The fraction of sp³-hybridized carbons (Fsp3) is 0.417. The number of nitrogens with zero attached hydrogens (tertiary/aromatic N) is 5. The maximum Gasteiger partial charge on any atom is 0.257 e. The summed E-state index contributed by atoms with van der Waals surface area (Å²) >= 11 is 0. The van der Waals surface area contributed by atoms with Crippen LogP contribution in [0.5, 0.6) is 0 Å². The van der Waals surface area contributed by atoms with Crippen LogP contribution in [-0.2, 0) is 0 Å². The molecule has 1 aliphatic carbocycles. The Labute approximate surface area is 184 Å². The third-order valence-corrected chi connectivity index (χ3v) is 5.78. The van der Waals surface area contributed by atoms with Crippen LogP contribution < -0.4 is 10.2 Å². The van der Waals surface area contributed by atoms with Crippen molar-refractivity contribution in [2.45, 2.75) is 27.2 Å². The molecular weight excluding hydrogens is 388 g/mol. The zero-order valence-electron chi connectivity index (χ0n) is 19.0. The molecule has 0 saturated carbocycles. The van der Waals surface area contributed by atoms with Gasteiger partial charge in [-0.05, 0) is 43.4 Å². The summed E-state index contributed by atoms with van der Waals surface area (Å²) in [6, 6.07) is 3.60. The first-order valence-electron chi connectivity index (χ1n) is 10.7.